The summed E-state index contributed by atoms with van der Waals surface area (Å²) in [5, 5.41) is 3.36. The van der Waals surface area contributed by atoms with Gasteiger partial charge in [0.1, 0.15) is 5.75 Å². The highest BCUT2D eigenvalue weighted by Crippen LogP contribution is 2.48. The lowest BCUT2D eigenvalue weighted by molar-refractivity contribution is -0.274. The Kier molecular flexibility index (Phi) is 4.82. The molecular weight excluding hydrogens is 369 g/mol. The van der Waals surface area contributed by atoms with Crippen molar-refractivity contribution in [3.63, 3.8) is 0 Å². The third-order valence-corrected chi connectivity index (χ3v) is 5.40. The first kappa shape index (κ1) is 18.9. The van der Waals surface area contributed by atoms with Crippen molar-refractivity contribution in [2.45, 2.75) is 38.2 Å². The SMILES string of the molecule is CCNc1cnccc1CN1CN(c2ccc(OC(F)(F)F)cc2)CC12CC2. The van der Waals surface area contributed by atoms with Gasteiger partial charge in [0.15, 0.2) is 0 Å². The maximum atomic E-state index is 12.3. The summed E-state index contributed by atoms with van der Waals surface area (Å²) < 4.78 is 41.0. The summed E-state index contributed by atoms with van der Waals surface area (Å²) in [5.41, 5.74) is 3.32. The number of hydrogen-bond acceptors (Lipinski definition) is 5. The monoisotopic (exact) mass is 392 g/mol. The van der Waals surface area contributed by atoms with E-state index in [-0.39, 0.29) is 11.3 Å². The Morgan fingerprint density at radius 1 is 1.18 bits per heavy atom. The predicted molar refractivity (Wildman–Crippen MR) is 101 cm³/mol. The molecule has 2 aromatic rings. The first-order valence-corrected chi connectivity index (χ1v) is 9.41. The van der Waals surface area contributed by atoms with Crippen molar-refractivity contribution in [3.05, 3.63) is 48.3 Å². The number of rotatable bonds is 6. The second-order valence-corrected chi connectivity index (χ2v) is 7.37. The van der Waals surface area contributed by atoms with E-state index >= 15 is 0 Å². The maximum absolute atomic E-state index is 12.3. The number of pyridine rings is 1. The summed E-state index contributed by atoms with van der Waals surface area (Å²) >= 11 is 0. The molecule has 0 bridgehead atoms. The van der Waals surface area contributed by atoms with Gasteiger partial charge in [0.2, 0.25) is 0 Å². The van der Waals surface area contributed by atoms with Crippen LogP contribution in [-0.4, -0.2) is 41.5 Å². The molecule has 2 fully saturated rings. The average molecular weight is 392 g/mol. The van der Waals surface area contributed by atoms with Crippen LogP contribution in [0.5, 0.6) is 5.75 Å². The van der Waals surface area contributed by atoms with Gasteiger partial charge in [-0.15, -0.1) is 13.2 Å². The molecule has 1 aliphatic heterocycles. The molecule has 5 nitrogen and oxygen atoms in total. The molecule has 28 heavy (non-hydrogen) atoms. The number of nitrogens with zero attached hydrogens (tertiary/aromatic N) is 3. The maximum Gasteiger partial charge on any atom is 0.573 e. The lowest BCUT2D eigenvalue weighted by atomic mass is 10.1. The van der Waals surface area contributed by atoms with Crippen LogP contribution in [0, 0.1) is 0 Å². The number of ether oxygens (including phenoxy) is 1. The van der Waals surface area contributed by atoms with E-state index < -0.39 is 6.36 Å². The normalized spacial score (nSPS) is 18.5. The summed E-state index contributed by atoms with van der Waals surface area (Å²) in [5.74, 6) is -0.194. The van der Waals surface area contributed by atoms with Gasteiger partial charge < -0.3 is 15.0 Å². The molecule has 150 valence electrons. The summed E-state index contributed by atoms with van der Waals surface area (Å²) in [6.07, 6.45) is 1.27. The standard InChI is InChI=1S/C20H23F3N4O/c1-2-25-18-11-24-10-7-15(18)12-27-14-26(13-19(27)8-9-19)16-3-5-17(6-4-16)28-20(21,22)23/h3-7,10-11,25H,2,8-9,12-14H2,1H3. The van der Waals surface area contributed by atoms with E-state index in [0.29, 0.717) is 0 Å². The Labute approximate surface area is 162 Å². The molecule has 1 saturated carbocycles. The molecule has 1 saturated heterocycles. The Balaban J connectivity index is 1.47. The van der Waals surface area contributed by atoms with Crippen LogP contribution in [0.3, 0.4) is 0 Å². The van der Waals surface area contributed by atoms with Crippen LogP contribution in [0.25, 0.3) is 0 Å². The van der Waals surface area contributed by atoms with Crippen molar-refractivity contribution in [2.75, 3.05) is 30.0 Å². The molecule has 0 amide bonds. The van der Waals surface area contributed by atoms with Crippen molar-refractivity contribution in [3.8, 4) is 5.75 Å². The summed E-state index contributed by atoms with van der Waals surface area (Å²) in [6.45, 7) is 5.34. The molecule has 2 heterocycles. The fraction of sp³-hybridized carbons (Fsp3) is 0.450. The van der Waals surface area contributed by atoms with Crippen molar-refractivity contribution < 1.29 is 17.9 Å². The van der Waals surface area contributed by atoms with Crippen molar-refractivity contribution in [1.82, 2.24) is 9.88 Å². The number of aromatic nitrogens is 1. The molecule has 1 aliphatic carbocycles. The third kappa shape index (κ3) is 4.01. The fourth-order valence-electron chi connectivity index (χ4n) is 3.85. The minimum atomic E-state index is -4.67. The number of anilines is 2. The van der Waals surface area contributed by atoms with Gasteiger partial charge in [-0.1, -0.05) is 0 Å². The van der Waals surface area contributed by atoms with E-state index in [9.17, 15) is 13.2 Å². The number of nitrogens with one attached hydrogen (secondary N) is 1. The Hall–Kier alpha value is -2.48. The second kappa shape index (κ2) is 7.16. The van der Waals surface area contributed by atoms with Crippen LogP contribution in [0.1, 0.15) is 25.3 Å². The first-order valence-electron chi connectivity index (χ1n) is 9.41. The number of halogens is 3. The molecule has 1 spiro atoms. The van der Waals surface area contributed by atoms with Crippen LogP contribution in [0.15, 0.2) is 42.7 Å². The summed E-state index contributed by atoms with van der Waals surface area (Å²) in [4.78, 5) is 8.89. The lowest BCUT2D eigenvalue weighted by Gasteiger charge is -2.24. The zero-order valence-electron chi connectivity index (χ0n) is 15.7. The molecule has 8 heteroatoms. The Morgan fingerprint density at radius 2 is 1.93 bits per heavy atom. The highest BCUT2D eigenvalue weighted by Gasteiger charge is 2.53. The van der Waals surface area contributed by atoms with Gasteiger partial charge in [0.05, 0.1) is 18.6 Å². The van der Waals surface area contributed by atoms with Gasteiger partial charge in [-0.25, -0.2) is 0 Å². The highest BCUT2D eigenvalue weighted by atomic mass is 19.4. The molecule has 0 radical (unpaired) electrons. The van der Waals surface area contributed by atoms with Gasteiger partial charge >= 0.3 is 6.36 Å². The number of hydrogen-bond donors (Lipinski definition) is 1. The van der Waals surface area contributed by atoms with Crippen molar-refractivity contribution >= 4 is 11.4 Å². The largest absolute Gasteiger partial charge is 0.573 e. The molecule has 1 aromatic heterocycles. The topological polar surface area (TPSA) is 40.6 Å². The van der Waals surface area contributed by atoms with E-state index in [1.165, 1.54) is 17.7 Å². The third-order valence-electron chi connectivity index (χ3n) is 5.40. The molecule has 2 aliphatic rings. The van der Waals surface area contributed by atoms with Crippen molar-refractivity contribution in [1.29, 1.82) is 0 Å². The number of benzene rings is 1. The molecule has 1 N–H and O–H groups in total. The fourth-order valence-corrected chi connectivity index (χ4v) is 3.85. The second-order valence-electron chi connectivity index (χ2n) is 7.37. The first-order chi connectivity index (χ1) is 13.4. The number of alkyl halides is 3. The van der Waals surface area contributed by atoms with E-state index in [4.69, 9.17) is 0 Å². The van der Waals surface area contributed by atoms with Gasteiger partial charge in [0.25, 0.3) is 0 Å². The minimum absolute atomic E-state index is 0.161. The highest BCUT2D eigenvalue weighted by molar-refractivity contribution is 5.52. The molecule has 0 atom stereocenters. The summed E-state index contributed by atoms with van der Waals surface area (Å²) in [6, 6.07) is 8.17. The zero-order chi connectivity index (χ0) is 19.8. The minimum Gasteiger partial charge on any atom is -0.406 e. The van der Waals surface area contributed by atoms with Crippen LogP contribution in [0.2, 0.25) is 0 Å². The van der Waals surface area contributed by atoms with Crippen LogP contribution < -0.4 is 15.0 Å². The molecular formula is C20H23F3N4O. The van der Waals surface area contributed by atoms with Gasteiger partial charge in [0, 0.05) is 37.1 Å². The lowest BCUT2D eigenvalue weighted by Crippen LogP contribution is -2.32. The Bertz CT molecular complexity index is 821. The van der Waals surface area contributed by atoms with Gasteiger partial charge in [-0.2, -0.15) is 0 Å². The van der Waals surface area contributed by atoms with E-state index in [0.717, 1.165) is 50.5 Å². The van der Waals surface area contributed by atoms with Crippen LogP contribution in [-0.2, 0) is 6.54 Å². The molecule has 1 aromatic carbocycles. The summed E-state index contributed by atoms with van der Waals surface area (Å²) in [7, 11) is 0. The Morgan fingerprint density at radius 3 is 2.57 bits per heavy atom. The van der Waals surface area contributed by atoms with Crippen molar-refractivity contribution in [2.24, 2.45) is 0 Å². The van der Waals surface area contributed by atoms with Crippen LogP contribution >= 0.6 is 0 Å². The predicted octanol–water partition coefficient (Wildman–Crippen LogP) is 4.22. The smallest absolute Gasteiger partial charge is 0.406 e. The zero-order valence-corrected chi connectivity index (χ0v) is 15.7. The molecule has 0 unspecified atom stereocenters. The van der Waals surface area contributed by atoms with E-state index in [1.807, 2.05) is 18.5 Å². The average Bonchev–Trinajstić information content (AvgIpc) is 3.33. The quantitative estimate of drug-likeness (QED) is 0.797. The van der Waals surface area contributed by atoms with Gasteiger partial charge in [-0.3, -0.25) is 9.88 Å². The molecule has 4 rings (SSSR count). The van der Waals surface area contributed by atoms with E-state index in [2.05, 4.69) is 31.8 Å². The van der Waals surface area contributed by atoms with Crippen LogP contribution in [0.4, 0.5) is 24.5 Å². The van der Waals surface area contributed by atoms with Gasteiger partial charge in [-0.05, 0) is 55.7 Å². The van der Waals surface area contributed by atoms with E-state index in [1.54, 1.807) is 12.1 Å².